The van der Waals surface area contributed by atoms with Gasteiger partial charge in [-0.15, -0.1) is 0 Å². The predicted molar refractivity (Wildman–Crippen MR) is 61.7 cm³/mol. The number of rotatable bonds is 3. The fourth-order valence-electron chi connectivity index (χ4n) is 1.88. The maximum Gasteiger partial charge on any atom is 0.325 e. The summed E-state index contributed by atoms with van der Waals surface area (Å²) in [7, 11) is 0. The molecule has 1 fully saturated rings. The topological polar surface area (TPSA) is 38.3 Å². The van der Waals surface area contributed by atoms with Crippen LogP contribution < -0.4 is 5.32 Å². The zero-order chi connectivity index (χ0) is 11.5. The number of carbonyl (C=O) groups excluding carboxylic acids is 1. The number of benzene rings is 1. The zero-order valence-electron chi connectivity index (χ0n) is 9.64. The van der Waals surface area contributed by atoms with Crippen LogP contribution in [0.5, 0.6) is 0 Å². The van der Waals surface area contributed by atoms with Crippen molar-refractivity contribution in [3.63, 3.8) is 0 Å². The molecule has 1 unspecified atom stereocenters. The van der Waals surface area contributed by atoms with Crippen molar-refractivity contribution in [3.8, 4) is 0 Å². The van der Waals surface area contributed by atoms with Crippen molar-refractivity contribution in [1.29, 1.82) is 0 Å². The molecule has 0 aliphatic carbocycles. The van der Waals surface area contributed by atoms with Gasteiger partial charge in [-0.25, -0.2) is 0 Å². The number of esters is 1. The highest BCUT2D eigenvalue weighted by molar-refractivity contribution is 5.78. The van der Waals surface area contributed by atoms with Crippen molar-refractivity contribution >= 4 is 5.97 Å². The molecular formula is C13H17NO2. The zero-order valence-corrected chi connectivity index (χ0v) is 9.64. The van der Waals surface area contributed by atoms with Crippen LogP contribution in [0.25, 0.3) is 0 Å². The fraction of sp³-hybridized carbons (Fsp3) is 0.462. The molecule has 1 saturated heterocycles. The Morgan fingerprint density at radius 3 is 2.69 bits per heavy atom. The molecule has 2 rings (SSSR count). The smallest absolute Gasteiger partial charge is 0.325 e. The molecule has 16 heavy (non-hydrogen) atoms. The molecule has 0 spiro atoms. The summed E-state index contributed by atoms with van der Waals surface area (Å²) in [6.07, 6.45) is 0.682. The van der Waals surface area contributed by atoms with E-state index in [1.165, 1.54) is 0 Å². The Morgan fingerprint density at radius 2 is 2.06 bits per heavy atom. The highest BCUT2D eigenvalue weighted by atomic mass is 16.6. The van der Waals surface area contributed by atoms with Crippen LogP contribution in [0, 0.1) is 5.92 Å². The minimum atomic E-state index is -0.285. The Hall–Kier alpha value is -1.35. The third-order valence-electron chi connectivity index (χ3n) is 3.13. The molecule has 0 amide bonds. The van der Waals surface area contributed by atoms with E-state index in [0.717, 1.165) is 12.0 Å². The van der Waals surface area contributed by atoms with E-state index in [2.05, 4.69) is 19.2 Å². The van der Waals surface area contributed by atoms with E-state index < -0.39 is 0 Å². The van der Waals surface area contributed by atoms with Gasteiger partial charge >= 0.3 is 5.97 Å². The summed E-state index contributed by atoms with van der Waals surface area (Å²) in [6, 6.07) is 9.60. The van der Waals surface area contributed by atoms with Crippen molar-refractivity contribution in [2.75, 3.05) is 0 Å². The SMILES string of the molecule is CCC(C)[C@@H]1N[C@@H](c2ccccc2)OC1=O. The van der Waals surface area contributed by atoms with Gasteiger partial charge in [0.1, 0.15) is 6.04 Å². The van der Waals surface area contributed by atoms with Gasteiger partial charge in [0.05, 0.1) is 0 Å². The van der Waals surface area contributed by atoms with Crippen molar-refractivity contribution in [3.05, 3.63) is 35.9 Å². The molecule has 0 aromatic heterocycles. The molecule has 86 valence electrons. The number of hydrogen-bond donors (Lipinski definition) is 1. The standard InChI is InChI=1S/C13H17NO2/c1-3-9(2)11-13(15)16-12(14-11)10-7-5-4-6-8-10/h4-9,11-12,14H,3H2,1-2H3/t9?,11-,12+/m0/s1. The first-order valence-corrected chi connectivity index (χ1v) is 5.74. The van der Waals surface area contributed by atoms with E-state index in [-0.39, 0.29) is 18.2 Å². The van der Waals surface area contributed by atoms with Crippen LogP contribution in [-0.4, -0.2) is 12.0 Å². The van der Waals surface area contributed by atoms with Crippen LogP contribution in [-0.2, 0) is 9.53 Å². The van der Waals surface area contributed by atoms with Gasteiger partial charge in [0.2, 0.25) is 0 Å². The van der Waals surface area contributed by atoms with Crippen molar-refractivity contribution in [2.24, 2.45) is 5.92 Å². The maximum atomic E-state index is 11.7. The van der Waals surface area contributed by atoms with Crippen LogP contribution in [0.2, 0.25) is 0 Å². The first-order chi connectivity index (χ1) is 7.72. The predicted octanol–water partition coefficient (Wildman–Crippen LogP) is 2.25. The van der Waals surface area contributed by atoms with Crippen molar-refractivity contribution in [1.82, 2.24) is 5.32 Å². The van der Waals surface area contributed by atoms with Gasteiger partial charge in [0.25, 0.3) is 0 Å². The summed E-state index contributed by atoms with van der Waals surface area (Å²) in [4.78, 5) is 11.7. The van der Waals surface area contributed by atoms with Gasteiger partial charge in [0.15, 0.2) is 6.23 Å². The first kappa shape index (κ1) is 11.1. The van der Waals surface area contributed by atoms with Crippen LogP contribution in [0.3, 0.4) is 0 Å². The first-order valence-electron chi connectivity index (χ1n) is 5.74. The van der Waals surface area contributed by atoms with Crippen LogP contribution >= 0.6 is 0 Å². The average molecular weight is 219 g/mol. The molecule has 3 nitrogen and oxygen atoms in total. The van der Waals surface area contributed by atoms with Gasteiger partial charge in [0, 0.05) is 5.56 Å². The molecule has 3 heteroatoms. The number of nitrogens with one attached hydrogen (secondary N) is 1. The monoisotopic (exact) mass is 219 g/mol. The summed E-state index contributed by atoms with van der Waals surface area (Å²) in [5.74, 6) is 0.171. The molecule has 0 radical (unpaired) electrons. The lowest BCUT2D eigenvalue weighted by Gasteiger charge is -2.14. The minimum Gasteiger partial charge on any atom is -0.441 e. The van der Waals surface area contributed by atoms with Crippen LogP contribution in [0.15, 0.2) is 30.3 Å². The highest BCUT2D eigenvalue weighted by Crippen LogP contribution is 2.25. The Kier molecular flexibility index (Phi) is 3.25. The van der Waals surface area contributed by atoms with Gasteiger partial charge < -0.3 is 4.74 Å². The average Bonchev–Trinajstić information content (AvgIpc) is 2.71. The lowest BCUT2D eigenvalue weighted by molar-refractivity contribution is -0.143. The van der Waals surface area contributed by atoms with Gasteiger partial charge in [-0.2, -0.15) is 0 Å². The summed E-state index contributed by atoms with van der Waals surface area (Å²) in [5, 5.41) is 3.24. The molecule has 1 aromatic carbocycles. The summed E-state index contributed by atoms with van der Waals surface area (Å²) in [5.41, 5.74) is 1.00. The van der Waals surface area contributed by atoms with E-state index in [0.29, 0.717) is 5.92 Å². The second-order valence-corrected chi connectivity index (χ2v) is 4.26. The Labute approximate surface area is 95.8 Å². The third-order valence-corrected chi connectivity index (χ3v) is 3.13. The van der Waals surface area contributed by atoms with Gasteiger partial charge in [-0.1, -0.05) is 50.6 Å². The molecule has 1 heterocycles. The van der Waals surface area contributed by atoms with E-state index >= 15 is 0 Å². The molecule has 1 N–H and O–H groups in total. The molecule has 0 bridgehead atoms. The van der Waals surface area contributed by atoms with Gasteiger partial charge in [-0.05, 0) is 5.92 Å². The second-order valence-electron chi connectivity index (χ2n) is 4.26. The summed E-state index contributed by atoms with van der Waals surface area (Å²) in [6.45, 7) is 4.14. The molecule has 0 saturated carbocycles. The summed E-state index contributed by atoms with van der Waals surface area (Å²) >= 11 is 0. The third kappa shape index (κ3) is 2.09. The number of hydrogen-bond acceptors (Lipinski definition) is 3. The molecule has 3 atom stereocenters. The van der Waals surface area contributed by atoms with Crippen molar-refractivity contribution < 1.29 is 9.53 Å². The molecular weight excluding hydrogens is 202 g/mol. The van der Waals surface area contributed by atoms with Crippen LogP contribution in [0.4, 0.5) is 0 Å². The van der Waals surface area contributed by atoms with Gasteiger partial charge in [-0.3, -0.25) is 10.1 Å². The lowest BCUT2D eigenvalue weighted by atomic mass is 10.00. The molecule has 1 aliphatic heterocycles. The number of ether oxygens (including phenoxy) is 1. The number of cyclic esters (lactones) is 1. The Morgan fingerprint density at radius 1 is 1.38 bits per heavy atom. The fourth-order valence-corrected chi connectivity index (χ4v) is 1.88. The van der Waals surface area contributed by atoms with E-state index in [1.807, 2.05) is 30.3 Å². The van der Waals surface area contributed by atoms with Crippen LogP contribution in [0.1, 0.15) is 32.1 Å². The number of carbonyl (C=O) groups is 1. The highest BCUT2D eigenvalue weighted by Gasteiger charge is 2.36. The Bertz CT molecular complexity index is 363. The van der Waals surface area contributed by atoms with E-state index in [4.69, 9.17) is 4.74 Å². The minimum absolute atomic E-state index is 0.136. The lowest BCUT2D eigenvalue weighted by Crippen LogP contribution is -2.34. The quantitative estimate of drug-likeness (QED) is 0.792. The largest absolute Gasteiger partial charge is 0.441 e. The summed E-state index contributed by atoms with van der Waals surface area (Å²) < 4.78 is 5.33. The van der Waals surface area contributed by atoms with E-state index in [9.17, 15) is 4.79 Å². The maximum absolute atomic E-state index is 11.7. The van der Waals surface area contributed by atoms with E-state index in [1.54, 1.807) is 0 Å². The van der Waals surface area contributed by atoms with Crippen molar-refractivity contribution in [2.45, 2.75) is 32.5 Å². The molecule has 1 aliphatic rings. The normalized spacial score (nSPS) is 26.5. The Balaban J connectivity index is 2.10. The second kappa shape index (κ2) is 4.66. The molecule has 1 aromatic rings.